The van der Waals surface area contributed by atoms with Crippen molar-refractivity contribution >= 4 is 15.9 Å². The molecular weight excluding hydrogens is 323 g/mol. The van der Waals surface area contributed by atoms with Gasteiger partial charge in [0.2, 0.25) is 0 Å². The van der Waals surface area contributed by atoms with Crippen LogP contribution in [0.5, 0.6) is 0 Å². The molecule has 1 aromatic carbocycles. The molecule has 5 heteroatoms. The molecular formula is C15H22BrFN2O. The fourth-order valence-corrected chi connectivity index (χ4v) is 2.79. The summed E-state index contributed by atoms with van der Waals surface area (Å²) in [6.07, 6.45) is 2.72. The molecule has 0 bridgehead atoms. The second-order valence-electron chi connectivity index (χ2n) is 5.34. The van der Waals surface area contributed by atoms with Gasteiger partial charge in [-0.05, 0) is 44.5 Å². The quantitative estimate of drug-likeness (QED) is 0.778. The number of likely N-dealkylation sites (tertiary alicyclic amines) is 1. The zero-order valence-electron chi connectivity index (χ0n) is 11.6. The molecule has 1 aliphatic heterocycles. The monoisotopic (exact) mass is 344 g/mol. The number of hydrogen-bond acceptors (Lipinski definition) is 3. The van der Waals surface area contributed by atoms with E-state index in [0.717, 1.165) is 49.9 Å². The zero-order chi connectivity index (χ0) is 14.4. The Kier molecular flexibility index (Phi) is 6.42. The second kappa shape index (κ2) is 8.08. The Balaban J connectivity index is 1.59. The molecule has 1 fully saturated rings. The number of rotatable bonds is 6. The van der Waals surface area contributed by atoms with Crippen molar-refractivity contribution in [2.45, 2.75) is 31.9 Å². The van der Waals surface area contributed by atoms with Crippen molar-refractivity contribution in [2.24, 2.45) is 0 Å². The highest BCUT2D eigenvalue weighted by Gasteiger charge is 2.15. The molecule has 1 saturated heterocycles. The normalized spacial score (nSPS) is 17.6. The van der Waals surface area contributed by atoms with E-state index >= 15 is 0 Å². The van der Waals surface area contributed by atoms with E-state index in [1.807, 2.05) is 6.07 Å². The summed E-state index contributed by atoms with van der Waals surface area (Å²) in [7, 11) is 0. The Morgan fingerprint density at radius 3 is 2.80 bits per heavy atom. The lowest BCUT2D eigenvalue weighted by Crippen LogP contribution is -2.37. The Morgan fingerprint density at radius 1 is 1.35 bits per heavy atom. The molecule has 1 aromatic rings. The summed E-state index contributed by atoms with van der Waals surface area (Å²) in [5.41, 5.74) is 0.703. The first kappa shape index (κ1) is 15.9. The molecule has 0 saturated carbocycles. The number of aliphatic hydroxyl groups is 1. The van der Waals surface area contributed by atoms with Crippen LogP contribution in [0.1, 0.15) is 24.8 Å². The van der Waals surface area contributed by atoms with Crippen molar-refractivity contribution in [3.05, 3.63) is 34.1 Å². The molecule has 0 atom stereocenters. The van der Waals surface area contributed by atoms with E-state index in [9.17, 15) is 9.50 Å². The number of halogens is 2. The van der Waals surface area contributed by atoms with Crippen molar-refractivity contribution in [1.29, 1.82) is 0 Å². The van der Waals surface area contributed by atoms with E-state index in [4.69, 9.17) is 0 Å². The van der Waals surface area contributed by atoms with Crippen LogP contribution in [0.2, 0.25) is 0 Å². The standard InChI is InChI=1S/C15H22BrFN2O/c16-13-3-2-12(15(17)10-13)11-18-6-1-7-19-8-4-14(20)5-9-19/h2-3,10,14,18,20H,1,4-9,11H2. The lowest BCUT2D eigenvalue weighted by Gasteiger charge is -2.29. The van der Waals surface area contributed by atoms with Crippen LogP contribution in [0, 0.1) is 5.82 Å². The van der Waals surface area contributed by atoms with Gasteiger partial charge in [0.15, 0.2) is 0 Å². The number of nitrogens with one attached hydrogen (secondary N) is 1. The molecule has 20 heavy (non-hydrogen) atoms. The average molecular weight is 345 g/mol. The Morgan fingerprint density at radius 2 is 2.10 bits per heavy atom. The molecule has 0 aromatic heterocycles. The maximum absolute atomic E-state index is 13.6. The van der Waals surface area contributed by atoms with Gasteiger partial charge in [-0.25, -0.2) is 4.39 Å². The Bertz CT molecular complexity index is 422. The molecule has 0 spiro atoms. The molecule has 2 N–H and O–H groups in total. The number of benzene rings is 1. The third kappa shape index (κ3) is 5.13. The number of piperidine rings is 1. The van der Waals surface area contributed by atoms with E-state index in [-0.39, 0.29) is 11.9 Å². The number of nitrogens with zero attached hydrogens (tertiary/aromatic N) is 1. The van der Waals surface area contributed by atoms with Crippen molar-refractivity contribution in [1.82, 2.24) is 10.2 Å². The predicted molar refractivity (Wildman–Crippen MR) is 82.1 cm³/mol. The lowest BCUT2D eigenvalue weighted by atomic mass is 10.1. The van der Waals surface area contributed by atoms with Crippen molar-refractivity contribution < 1.29 is 9.50 Å². The highest BCUT2D eigenvalue weighted by molar-refractivity contribution is 9.10. The van der Waals surface area contributed by atoms with E-state index in [1.54, 1.807) is 6.07 Å². The van der Waals surface area contributed by atoms with Crippen molar-refractivity contribution in [3.63, 3.8) is 0 Å². The maximum Gasteiger partial charge on any atom is 0.128 e. The molecule has 2 rings (SSSR count). The second-order valence-corrected chi connectivity index (χ2v) is 6.25. The summed E-state index contributed by atoms with van der Waals surface area (Å²) in [4.78, 5) is 2.38. The van der Waals surface area contributed by atoms with Crippen molar-refractivity contribution in [2.75, 3.05) is 26.2 Å². The van der Waals surface area contributed by atoms with E-state index in [0.29, 0.717) is 12.1 Å². The SMILES string of the molecule is OC1CCN(CCCNCc2ccc(Br)cc2F)CC1. The minimum atomic E-state index is -0.170. The smallest absolute Gasteiger partial charge is 0.128 e. The van der Waals surface area contributed by atoms with Crippen LogP contribution in [-0.4, -0.2) is 42.3 Å². The molecule has 0 radical (unpaired) electrons. The third-order valence-corrected chi connectivity index (χ3v) is 4.21. The highest BCUT2D eigenvalue weighted by atomic mass is 79.9. The summed E-state index contributed by atoms with van der Waals surface area (Å²) < 4.78 is 14.4. The van der Waals surface area contributed by atoms with E-state index < -0.39 is 0 Å². The molecule has 1 aliphatic rings. The summed E-state index contributed by atoms with van der Waals surface area (Å²) in [6, 6.07) is 5.16. The lowest BCUT2D eigenvalue weighted by molar-refractivity contribution is 0.0821. The minimum absolute atomic E-state index is 0.107. The maximum atomic E-state index is 13.6. The fourth-order valence-electron chi connectivity index (χ4n) is 2.46. The van der Waals surface area contributed by atoms with Gasteiger partial charge >= 0.3 is 0 Å². The Labute approximate surface area is 128 Å². The Hall–Kier alpha value is -0.490. The van der Waals surface area contributed by atoms with Gasteiger partial charge in [-0.1, -0.05) is 22.0 Å². The zero-order valence-corrected chi connectivity index (χ0v) is 13.2. The van der Waals surface area contributed by atoms with Crippen LogP contribution in [0.4, 0.5) is 4.39 Å². The van der Waals surface area contributed by atoms with Crippen LogP contribution in [0.25, 0.3) is 0 Å². The summed E-state index contributed by atoms with van der Waals surface area (Å²) in [6.45, 7) is 4.47. The molecule has 0 unspecified atom stereocenters. The third-order valence-electron chi connectivity index (χ3n) is 3.72. The van der Waals surface area contributed by atoms with Gasteiger partial charge in [0.05, 0.1) is 6.10 Å². The summed E-state index contributed by atoms with van der Waals surface area (Å²) in [5, 5.41) is 12.7. The first-order valence-electron chi connectivity index (χ1n) is 7.20. The highest BCUT2D eigenvalue weighted by Crippen LogP contribution is 2.15. The molecule has 1 heterocycles. The van der Waals surface area contributed by atoms with Gasteiger partial charge in [0.25, 0.3) is 0 Å². The van der Waals surface area contributed by atoms with Gasteiger partial charge in [0.1, 0.15) is 5.82 Å². The van der Waals surface area contributed by atoms with Crippen LogP contribution in [0.15, 0.2) is 22.7 Å². The van der Waals surface area contributed by atoms with Crippen LogP contribution in [-0.2, 0) is 6.54 Å². The van der Waals surface area contributed by atoms with E-state index in [1.165, 1.54) is 6.07 Å². The molecule has 0 aliphatic carbocycles. The fraction of sp³-hybridized carbons (Fsp3) is 0.600. The van der Waals surface area contributed by atoms with E-state index in [2.05, 4.69) is 26.1 Å². The number of hydrogen-bond donors (Lipinski definition) is 2. The van der Waals surface area contributed by atoms with Gasteiger partial charge < -0.3 is 15.3 Å². The van der Waals surface area contributed by atoms with Crippen LogP contribution in [0.3, 0.4) is 0 Å². The predicted octanol–water partition coefficient (Wildman–Crippen LogP) is 2.52. The molecule has 0 amide bonds. The van der Waals surface area contributed by atoms with Crippen LogP contribution < -0.4 is 5.32 Å². The minimum Gasteiger partial charge on any atom is -0.393 e. The number of aliphatic hydroxyl groups excluding tert-OH is 1. The van der Waals surface area contributed by atoms with Gasteiger partial charge in [0, 0.05) is 29.7 Å². The van der Waals surface area contributed by atoms with Gasteiger partial charge in [-0.15, -0.1) is 0 Å². The first-order valence-corrected chi connectivity index (χ1v) is 7.99. The average Bonchev–Trinajstić information content (AvgIpc) is 2.42. The van der Waals surface area contributed by atoms with Gasteiger partial charge in [-0.2, -0.15) is 0 Å². The molecule has 3 nitrogen and oxygen atoms in total. The van der Waals surface area contributed by atoms with Crippen LogP contribution >= 0.6 is 15.9 Å². The molecule has 112 valence electrons. The van der Waals surface area contributed by atoms with Gasteiger partial charge in [-0.3, -0.25) is 0 Å². The van der Waals surface area contributed by atoms with Crippen molar-refractivity contribution in [3.8, 4) is 0 Å². The summed E-state index contributed by atoms with van der Waals surface area (Å²) >= 11 is 3.25. The first-order chi connectivity index (χ1) is 9.65. The summed E-state index contributed by atoms with van der Waals surface area (Å²) in [5.74, 6) is -0.170. The topological polar surface area (TPSA) is 35.5 Å². The largest absolute Gasteiger partial charge is 0.393 e.